The van der Waals surface area contributed by atoms with Gasteiger partial charge in [-0.15, -0.1) is 0 Å². The third-order valence-corrected chi connectivity index (χ3v) is 5.42. The molecule has 1 aliphatic rings. The standard InChI is InChI=1S/C24H21ClFN3O/c1-28(21-5-3-2-4-6-21)16-24(30)29-23(18-7-11-19(25)12-8-18)15-22(27-29)17-9-13-20(26)14-10-17/h2-14,23H,15-16H2,1H3/t23-/m0/s1. The molecule has 30 heavy (non-hydrogen) atoms. The third kappa shape index (κ3) is 4.36. The van der Waals surface area contributed by atoms with E-state index in [1.807, 2.05) is 66.5 Å². The van der Waals surface area contributed by atoms with Crippen molar-refractivity contribution in [2.75, 3.05) is 18.5 Å². The lowest BCUT2D eigenvalue weighted by molar-refractivity contribution is -0.131. The highest BCUT2D eigenvalue weighted by molar-refractivity contribution is 6.30. The zero-order valence-corrected chi connectivity index (χ0v) is 17.3. The van der Waals surface area contributed by atoms with E-state index in [1.54, 1.807) is 17.1 Å². The average Bonchev–Trinajstić information content (AvgIpc) is 3.21. The summed E-state index contributed by atoms with van der Waals surface area (Å²) in [6.45, 7) is 0.189. The van der Waals surface area contributed by atoms with Crippen molar-refractivity contribution in [3.63, 3.8) is 0 Å². The van der Waals surface area contributed by atoms with Crippen molar-refractivity contribution in [2.24, 2.45) is 5.10 Å². The van der Waals surface area contributed by atoms with Gasteiger partial charge in [-0.2, -0.15) is 5.10 Å². The fourth-order valence-electron chi connectivity index (χ4n) is 3.55. The average molecular weight is 422 g/mol. The van der Waals surface area contributed by atoms with Crippen molar-refractivity contribution in [3.8, 4) is 0 Å². The van der Waals surface area contributed by atoms with Gasteiger partial charge in [-0.05, 0) is 47.5 Å². The van der Waals surface area contributed by atoms with Crippen LogP contribution < -0.4 is 4.90 Å². The number of likely N-dealkylation sites (N-methyl/N-ethyl adjacent to an activating group) is 1. The molecule has 152 valence electrons. The summed E-state index contributed by atoms with van der Waals surface area (Å²) in [6.07, 6.45) is 0.550. The molecular formula is C24H21ClFN3O. The second-order valence-corrected chi connectivity index (χ2v) is 7.69. The number of benzene rings is 3. The van der Waals surface area contributed by atoms with Crippen LogP contribution in [0.25, 0.3) is 0 Å². The number of carbonyl (C=O) groups is 1. The van der Waals surface area contributed by atoms with Gasteiger partial charge in [-0.3, -0.25) is 4.79 Å². The molecule has 1 aliphatic heterocycles. The molecule has 0 saturated carbocycles. The molecule has 0 spiro atoms. The monoisotopic (exact) mass is 421 g/mol. The number of nitrogens with zero attached hydrogens (tertiary/aromatic N) is 3. The van der Waals surface area contributed by atoms with Gasteiger partial charge in [-0.1, -0.05) is 54.1 Å². The highest BCUT2D eigenvalue weighted by Crippen LogP contribution is 2.33. The topological polar surface area (TPSA) is 35.9 Å². The Bertz CT molecular complexity index is 1050. The molecule has 0 fully saturated rings. The van der Waals surface area contributed by atoms with E-state index in [2.05, 4.69) is 5.10 Å². The molecule has 0 saturated heterocycles. The molecule has 0 radical (unpaired) electrons. The van der Waals surface area contributed by atoms with E-state index in [0.717, 1.165) is 22.5 Å². The molecule has 0 N–H and O–H groups in total. The summed E-state index contributed by atoms with van der Waals surface area (Å²) < 4.78 is 13.3. The predicted molar refractivity (Wildman–Crippen MR) is 118 cm³/mol. The summed E-state index contributed by atoms with van der Waals surface area (Å²) in [5, 5.41) is 6.81. The summed E-state index contributed by atoms with van der Waals surface area (Å²) >= 11 is 6.04. The molecule has 0 aromatic heterocycles. The number of hydrogen-bond acceptors (Lipinski definition) is 3. The van der Waals surface area contributed by atoms with Gasteiger partial charge in [-0.25, -0.2) is 9.40 Å². The van der Waals surface area contributed by atoms with Gasteiger partial charge in [0, 0.05) is 24.2 Å². The number of rotatable bonds is 5. The lowest BCUT2D eigenvalue weighted by Crippen LogP contribution is -2.36. The highest BCUT2D eigenvalue weighted by atomic mass is 35.5. The molecule has 4 rings (SSSR count). The number of amides is 1. The minimum atomic E-state index is -0.302. The highest BCUT2D eigenvalue weighted by Gasteiger charge is 2.33. The van der Waals surface area contributed by atoms with Crippen LogP contribution in [0.2, 0.25) is 5.02 Å². The van der Waals surface area contributed by atoms with Crippen LogP contribution in [-0.2, 0) is 4.79 Å². The van der Waals surface area contributed by atoms with Crippen LogP contribution in [0.3, 0.4) is 0 Å². The maximum Gasteiger partial charge on any atom is 0.262 e. The summed E-state index contributed by atoms with van der Waals surface area (Å²) in [6, 6.07) is 23.1. The van der Waals surface area contributed by atoms with Crippen LogP contribution in [-0.4, -0.2) is 30.2 Å². The van der Waals surface area contributed by atoms with Crippen molar-refractivity contribution in [2.45, 2.75) is 12.5 Å². The molecule has 0 bridgehead atoms. The van der Waals surface area contributed by atoms with Gasteiger partial charge in [0.1, 0.15) is 5.82 Å². The van der Waals surface area contributed by atoms with Crippen LogP contribution in [0.4, 0.5) is 10.1 Å². The molecule has 1 heterocycles. The van der Waals surface area contributed by atoms with E-state index in [1.165, 1.54) is 12.1 Å². The Labute approximate surface area is 180 Å². The van der Waals surface area contributed by atoms with Crippen molar-refractivity contribution in [3.05, 3.63) is 101 Å². The lowest BCUT2D eigenvalue weighted by Gasteiger charge is -2.25. The van der Waals surface area contributed by atoms with Gasteiger partial charge in [0.25, 0.3) is 5.91 Å². The fraction of sp³-hybridized carbons (Fsp3) is 0.167. The Morgan fingerprint density at radius 2 is 1.73 bits per heavy atom. The summed E-state index contributed by atoms with van der Waals surface area (Å²) in [4.78, 5) is 15.1. The van der Waals surface area contributed by atoms with Gasteiger partial charge in [0.2, 0.25) is 0 Å². The molecule has 3 aromatic carbocycles. The number of anilines is 1. The summed E-state index contributed by atoms with van der Waals surface area (Å²) in [5.41, 5.74) is 3.47. The number of para-hydroxylation sites is 1. The van der Waals surface area contributed by atoms with E-state index in [9.17, 15) is 9.18 Å². The van der Waals surface area contributed by atoms with Gasteiger partial charge < -0.3 is 4.90 Å². The maximum atomic E-state index is 13.3. The van der Waals surface area contributed by atoms with E-state index < -0.39 is 0 Å². The van der Waals surface area contributed by atoms with Crippen molar-refractivity contribution < 1.29 is 9.18 Å². The summed E-state index contributed by atoms with van der Waals surface area (Å²) in [5.74, 6) is -0.414. The number of hydrazone groups is 1. The first-order valence-corrected chi connectivity index (χ1v) is 10.1. The van der Waals surface area contributed by atoms with Crippen LogP contribution in [0.5, 0.6) is 0 Å². The van der Waals surface area contributed by atoms with Crippen LogP contribution in [0.15, 0.2) is 84.0 Å². The Morgan fingerprint density at radius 3 is 2.40 bits per heavy atom. The molecule has 1 atom stereocenters. The van der Waals surface area contributed by atoms with Gasteiger partial charge in [0.15, 0.2) is 0 Å². The van der Waals surface area contributed by atoms with E-state index >= 15 is 0 Å². The van der Waals surface area contributed by atoms with Crippen molar-refractivity contribution >= 4 is 28.9 Å². The predicted octanol–water partition coefficient (Wildman–Crippen LogP) is 5.29. The molecular weight excluding hydrogens is 401 g/mol. The van der Waals surface area contributed by atoms with Gasteiger partial charge >= 0.3 is 0 Å². The zero-order valence-electron chi connectivity index (χ0n) is 16.5. The third-order valence-electron chi connectivity index (χ3n) is 5.17. The molecule has 4 nitrogen and oxygen atoms in total. The fourth-order valence-corrected chi connectivity index (χ4v) is 3.68. The second kappa shape index (κ2) is 8.67. The quantitative estimate of drug-likeness (QED) is 0.561. The first-order chi connectivity index (χ1) is 14.5. The van der Waals surface area contributed by atoms with E-state index in [-0.39, 0.29) is 24.3 Å². The first-order valence-electron chi connectivity index (χ1n) is 9.68. The SMILES string of the molecule is CN(CC(=O)N1N=C(c2ccc(F)cc2)C[C@H]1c1ccc(Cl)cc1)c1ccccc1. The minimum Gasteiger partial charge on any atom is -0.365 e. The second-order valence-electron chi connectivity index (χ2n) is 7.25. The molecule has 6 heteroatoms. The maximum absolute atomic E-state index is 13.3. The Hall–Kier alpha value is -3.18. The van der Waals surface area contributed by atoms with Crippen molar-refractivity contribution in [1.82, 2.24) is 5.01 Å². The van der Waals surface area contributed by atoms with Crippen molar-refractivity contribution in [1.29, 1.82) is 0 Å². The smallest absolute Gasteiger partial charge is 0.262 e. The molecule has 3 aromatic rings. The zero-order chi connectivity index (χ0) is 21.1. The van der Waals surface area contributed by atoms with Crippen LogP contribution in [0, 0.1) is 5.82 Å². The lowest BCUT2D eigenvalue weighted by atomic mass is 9.98. The Kier molecular flexibility index (Phi) is 5.81. The number of carbonyl (C=O) groups excluding carboxylic acids is 1. The Morgan fingerprint density at radius 1 is 1.07 bits per heavy atom. The van der Waals surface area contributed by atoms with Crippen LogP contribution in [0.1, 0.15) is 23.6 Å². The molecule has 0 unspecified atom stereocenters. The molecule has 0 aliphatic carbocycles. The van der Waals surface area contributed by atoms with Crippen LogP contribution >= 0.6 is 11.6 Å². The van der Waals surface area contributed by atoms with E-state index in [4.69, 9.17) is 11.6 Å². The number of hydrogen-bond donors (Lipinski definition) is 0. The number of halogens is 2. The first kappa shape index (κ1) is 20.1. The minimum absolute atomic E-state index is 0.113. The largest absolute Gasteiger partial charge is 0.365 e. The molecule has 1 amide bonds. The summed E-state index contributed by atoms with van der Waals surface area (Å²) in [7, 11) is 1.88. The normalized spacial score (nSPS) is 15.8. The Balaban J connectivity index is 1.61. The van der Waals surface area contributed by atoms with Gasteiger partial charge in [0.05, 0.1) is 18.3 Å². The van der Waals surface area contributed by atoms with E-state index in [0.29, 0.717) is 11.4 Å².